The van der Waals surface area contributed by atoms with Crippen LogP contribution in [0.15, 0.2) is 18.2 Å². The van der Waals surface area contributed by atoms with Crippen molar-refractivity contribution in [2.45, 2.75) is 25.4 Å². The first-order valence-electron chi connectivity index (χ1n) is 9.86. The van der Waals surface area contributed by atoms with E-state index in [-0.39, 0.29) is 30.9 Å². The second kappa shape index (κ2) is 8.02. The highest BCUT2D eigenvalue weighted by Gasteiger charge is 2.44. The fourth-order valence-electron chi connectivity index (χ4n) is 4.20. The van der Waals surface area contributed by atoms with Crippen LogP contribution in [0.25, 0.3) is 0 Å². The van der Waals surface area contributed by atoms with Crippen LogP contribution in [0, 0.1) is 5.92 Å². The molecule has 154 valence electrons. The van der Waals surface area contributed by atoms with Crippen LogP contribution in [0.1, 0.15) is 39.1 Å². The normalized spacial score (nSPS) is 25.8. The van der Waals surface area contributed by atoms with E-state index in [1.807, 2.05) is 6.07 Å². The maximum atomic E-state index is 12.9. The maximum absolute atomic E-state index is 12.9. The number of nitrogens with one attached hydrogen (secondary N) is 2. The highest BCUT2D eigenvalue weighted by atomic mass is 16.3. The third-order valence-corrected chi connectivity index (χ3v) is 5.72. The van der Waals surface area contributed by atoms with Gasteiger partial charge in [-0.3, -0.25) is 34.3 Å². The second-order valence-electron chi connectivity index (χ2n) is 7.81. The van der Waals surface area contributed by atoms with E-state index in [1.165, 1.54) is 0 Å². The summed E-state index contributed by atoms with van der Waals surface area (Å²) in [5.74, 6) is -1.84. The average Bonchev–Trinajstić information content (AvgIpc) is 2.85. The number of nitrogens with zero attached hydrogens (tertiary/aromatic N) is 2. The predicted molar refractivity (Wildman–Crippen MR) is 102 cm³/mol. The van der Waals surface area contributed by atoms with Crippen molar-refractivity contribution in [3.63, 3.8) is 0 Å². The van der Waals surface area contributed by atoms with Crippen molar-refractivity contribution in [2.75, 3.05) is 32.8 Å². The second-order valence-corrected chi connectivity index (χ2v) is 7.81. The van der Waals surface area contributed by atoms with Gasteiger partial charge in [-0.05, 0) is 24.1 Å². The van der Waals surface area contributed by atoms with Crippen molar-refractivity contribution in [2.24, 2.45) is 5.92 Å². The molecule has 4 amide bonds. The Kier molecular flexibility index (Phi) is 5.44. The van der Waals surface area contributed by atoms with Gasteiger partial charge in [0.1, 0.15) is 6.04 Å². The van der Waals surface area contributed by atoms with E-state index in [1.54, 1.807) is 12.1 Å². The Hall–Kier alpha value is -2.62. The lowest BCUT2D eigenvalue weighted by Gasteiger charge is -2.27. The lowest BCUT2D eigenvalue weighted by atomic mass is 10.0. The lowest BCUT2D eigenvalue weighted by Crippen LogP contribution is -2.54. The smallest absolute Gasteiger partial charge is 0.262 e. The van der Waals surface area contributed by atoms with Crippen molar-refractivity contribution >= 4 is 23.6 Å². The molecule has 2 saturated heterocycles. The van der Waals surface area contributed by atoms with Crippen LogP contribution in [-0.2, 0) is 16.1 Å². The highest BCUT2D eigenvalue weighted by Crippen LogP contribution is 2.28. The zero-order valence-electron chi connectivity index (χ0n) is 16.0. The van der Waals surface area contributed by atoms with E-state index in [2.05, 4.69) is 15.5 Å². The van der Waals surface area contributed by atoms with Crippen molar-refractivity contribution in [1.82, 2.24) is 20.4 Å². The van der Waals surface area contributed by atoms with E-state index in [4.69, 9.17) is 0 Å². The van der Waals surface area contributed by atoms with Gasteiger partial charge in [0.25, 0.3) is 11.8 Å². The molecule has 4 rings (SSSR count). The number of fused-ring (bicyclic) bond motifs is 1. The first-order valence-corrected chi connectivity index (χ1v) is 9.86. The molecule has 1 aromatic carbocycles. The SMILES string of the molecule is O=C1CCC(N2C(=O)c3ccc(CN4CCNCC(CO)C4)cc3C2=O)C(=O)N1. The third kappa shape index (κ3) is 3.81. The third-order valence-electron chi connectivity index (χ3n) is 5.72. The molecule has 0 radical (unpaired) electrons. The van der Waals surface area contributed by atoms with Gasteiger partial charge in [-0.15, -0.1) is 0 Å². The molecule has 3 aliphatic heterocycles. The van der Waals surface area contributed by atoms with Crippen molar-refractivity contribution < 1.29 is 24.3 Å². The van der Waals surface area contributed by atoms with E-state index >= 15 is 0 Å². The van der Waals surface area contributed by atoms with Crippen LogP contribution < -0.4 is 10.6 Å². The topological polar surface area (TPSA) is 119 Å². The molecule has 1 aromatic rings. The molecule has 0 saturated carbocycles. The van der Waals surface area contributed by atoms with Crippen LogP contribution in [0.5, 0.6) is 0 Å². The number of carbonyl (C=O) groups excluding carboxylic acids is 4. The Labute approximate surface area is 168 Å². The number of piperidine rings is 1. The molecular weight excluding hydrogens is 376 g/mol. The number of aliphatic hydroxyl groups is 1. The molecule has 2 fully saturated rings. The van der Waals surface area contributed by atoms with Crippen LogP contribution in [0.4, 0.5) is 0 Å². The summed E-state index contributed by atoms with van der Waals surface area (Å²) in [6.07, 6.45) is 0.246. The predicted octanol–water partition coefficient (Wildman–Crippen LogP) is -0.898. The van der Waals surface area contributed by atoms with Crippen LogP contribution in [-0.4, -0.2) is 77.4 Å². The summed E-state index contributed by atoms with van der Waals surface area (Å²) in [4.78, 5) is 52.4. The Morgan fingerprint density at radius 1 is 1.10 bits per heavy atom. The Bertz CT molecular complexity index is 870. The first kappa shape index (κ1) is 19.7. The minimum Gasteiger partial charge on any atom is -0.396 e. The Morgan fingerprint density at radius 2 is 1.90 bits per heavy atom. The number of carbonyl (C=O) groups is 4. The number of amides is 4. The van der Waals surface area contributed by atoms with Crippen molar-refractivity contribution in [3.8, 4) is 0 Å². The average molecular weight is 400 g/mol. The molecule has 2 unspecified atom stereocenters. The number of hydrogen-bond donors (Lipinski definition) is 3. The fraction of sp³-hybridized carbons (Fsp3) is 0.500. The van der Waals surface area contributed by atoms with Crippen LogP contribution in [0.2, 0.25) is 0 Å². The molecule has 3 aliphatic rings. The van der Waals surface area contributed by atoms with Crippen molar-refractivity contribution in [3.05, 3.63) is 34.9 Å². The molecule has 9 heteroatoms. The van der Waals surface area contributed by atoms with Gasteiger partial charge >= 0.3 is 0 Å². The molecule has 2 atom stereocenters. The van der Waals surface area contributed by atoms with Gasteiger partial charge in [0.2, 0.25) is 11.8 Å². The fourth-order valence-corrected chi connectivity index (χ4v) is 4.20. The van der Waals surface area contributed by atoms with Gasteiger partial charge in [-0.25, -0.2) is 0 Å². The summed E-state index contributed by atoms with van der Waals surface area (Å²) < 4.78 is 0. The van der Waals surface area contributed by atoms with E-state index in [0.29, 0.717) is 12.1 Å². The van der Waals surface area contributed by atoms with Gasteiger partial charge in [0.15, 0.2) is 0 Å². The summed E-state index contributed by atoms with van der Waals surface area (Å²) >= 11 is 0. The van der Waals surface area contributed by atoms with E-state index in [9.17, 15) is 24.3 Å². The molecule has 9 nitrogen and oxygen atoms in total. The number of aliphatic hydroxyl groups excluding tert-OH is 1. The summed E-state index contributed by atoms with van der Waals surface area (Å²) in [5, 5.41) is 15.0. The highest BCUT2D eigenvalue weighted by molar-refractivity contribution is 6.23. The van der Waals surface area contributed by atoms with E-state index in [0.717, 1.165) is 36.6 Å². The molecule has 0 spiro atoms. The summed E-state index contributed by atoms with van der Waals surface area (Å²) in [7, 11) is 0. The number of benzene rings is 1. The van der Waals surface area contributed by atoms with Gasteiger partial charge in [0, 0.05) is 51.7 Å². The minimum atomic E-state index is -0.953. The number of imide groups is 2. The summed E-state index contributed by atoms with van der Waals surface area (Å²) in [5.41, 5.74) is 1.48. The van der Waals surface area contributed by atoms with Crippen molar-refractivity contribution in [1.29, 1.82) is 0 Å². The van der Waals surface area contributed by atoms with E-state index < -0.39 is 29.7 Å². The monoisotopic (exact) mass is 400 g/mol. The van der Waals surface area contributed by atoms with Crippen LogP contribution >= 0.6 is 0 Å². The molecule has 0 bridgehead atoms. The van der Waals surface area contributed by atoms with Gasteiger partial charge in [-0.2, -0.15) is 0 Å². The lowest BCUT2D eigenvalue weighted by molar-refractivity contribution is -0.136. The first-order chi connectivity index (χ1) is 14.0. The number of rotatable bonds is 4. The molecule has 3 heterocycles. The Morgan fingerprint density at radius 3 is 2.66 bits per heavy atom. The molecule has 0 aromatic heterocycles. The summed E-state index contributed by atoms with van der Waals surface area (Å²) in [6.45, 7) is 3.87. The molecule has 0 aliphatic carbocycles. The zero-order valence-corrected chi connectivity index (χ0v) is 16.0. The standard InChI is InChI=1S/C20H24N4O5/c25-11-13-8-21-5-6-23(10-13)9-12-1-2-14-15(7-12)20(29)24(19(14)28)16-3-4-17(26)22-18(16)27/h1-2,7,13,16,21,25H,3-6,8-11H2,(H,22,26,27). The van der Waals surface area contributed by atoms with Gasteiger partial charge in [-0.1, -0.05) is 6.07 Å². The van der Waals surface area contributed by atoms with Crippen LogP contribution in [0.3, 0.4) is 0 Å². The molecule has 3 N–H and O–H groups in total. The molecular formula is C20H24N4O5. The molecule has 29 heavy (non-hydrogen) atoms. The minimum absolute atomic E-state index is 0.101. The largest absolute Gasteiger partial charge is 0.396 e. The quantitative estimate of drug-likeness (QED) is 0.561. The number of hydrogen-bond acceptors (Lipinski definition) is 7. The van der Waals surface area contributed by atoms with Gasteiger partial charge in [0.05, 0.1) is 11.1 Å². The summed E-state index contributed by atoms with van der Waals surface area (Å²) in [6, 6.07) is 4.22. The maximum Gasteiger partial charge on any atom is 0.262 e. The van der Waals surface area contributed by atoms with Gasteiger partial charge < -0.3 is 10.4 Å². The Balaban J connectivity index is 1.52. The zero-order chi connectivity index (χ0) is 20.5.